The maximum atomic E-state index is 13.6. The molecule has 0 spiro atoms. The third-order valence-electron chi connectivity index (χ3n) is 2.93. The lowest BCUT2D eigenvalue weighted by molar-refractivity contribution is 0.606. The predicted molar refractivity (Wildman–Crippen MR) is 78.3 cm³/mol. The molecule has 0 amide bonds. The Hall–Kier alpha value is -1.45. The van der Waals surface area contributed by atoms with Crippen molar-refractivity contribution in [2.45, 2.75) is 11.8 Å². The number of benzene rings is 2. The SMILES string of the molecule is Fc1ccccc1C(Cl)Cc1nc2ccccc2s1. The summed E-state index contributed by atoms with van der Waals surface area (Å²) < 4.78 is 14.8. The van der Waals surface area contributed by atoms with Gasteiger partial charge in [-0.25, -0.2) is 9.37 Å². The third-order valence-corrected chi connectivity index (χ3v) is 4.38. The van der Waals surface area contributed by atoms with E-state index in [0.717, 1.165) is 15.2 Å². The van der Waals surface area contributed by atoms with Crippen molar-refractivity contribution in [1.29, 1.82) is 0 Å². The first-order valence-corrected chi connectivity index (χ1v) is 7.22. The average molecular weight is 292 g/mol. The highest BCUT2D eigenvalue weighted by molar-refractivity contribution is 7.18. The molecule has 0 bridgehead atoms. The number of para-hydroxylation sites is 1. The van der Waals surface area contributed by atoms with Gasteiger partial charge in [-0.05, 0) is 18.2 Å². The monoisotopic (exact) mass is 291 g/mol. The van der Waals surface area contributed by atoms with E-state index >= 15 is 0 Å². The standard InChI is InChI=1S/C15H11ClFNS/c16-11(10-5-1-2-6-12(10)17)9-15-18-13-7-3-4-8-14(13)19-15/h1-8,11H,9H2. The van der Waals surface area contributed by atoms with Crippen LogP contribution in [0, 0.1) is 5.82 Å². The number of aromatic nitrogens is 1. The van der Waals surface area contributed by atoms with Crippen LogP contribution in [0.1, 0.15) is 15.9 Å². The number of nitrogens with zero attached hydrogens (tertiary/aromatic N) is 1. The van der Waals surface area contributed by atoms with E-state index in [4.69, 9.17) is 11.6 Å². The molecule has 3 rings (SSSR count). The van der Waals surface area contributed by atoms with Crippen LogP contribution in [0.2, 0.25) is 0 Å². The van der Waals surface area contributed by atoms with Crippen LogP contribution in [0.15, 0.2) is 48.5 Å². The van der Waals surface area contributed by atoms with Crippen molar-refractivity contribution < 1.29 is 4.39 Å². The van der Waals surface area contributed by atoms with Crippen molar-refractivity contribution in [1.82, 2.24) is 4.98 Å². The first-order chi connectivity index (χ1) is 9.24. The molecule has 1 atom stereocenters. The summed E-state index contributed by atoms with van der Waals surface area (Å²) >= 11 is 7.91. The van der Waals surface area contributed by atoms with Gasteiger partial charge in [0, 0.05) is 12.0 Å². The van der Waals surface area contributed by atoms with Crippen molar-refractivity contribution in [3.8, 4) is 0 Å². The van der Waals surface area contributed by atoms with Gasteiger partial charge in [0.1, 0.15) is 5.82 Å². The maximum absolute atomic E-state index is 13.6. The van der Waals surface area contributed by atoms with E-state index in [-0.39, 0.29) is 11.2 Å². The molecule has 19 heavy (non-hydrogen) atoms. The fourth-order valence-corrected chi connectivity index (χ4v) is 3.43. The summed E-state index contributed by atoms with van der Waals surface area (Å²) in [5.41, 5.74) is 1.50. The fraction of sp³-hybridized carbons (Fsp3) is 0.133. The minimum absolute atomic E-state index is 0.261. The maximum Gasteiger partial charge on any atom is 0.127 e. The van der Waals surface area contributed by atoms with Crippen LogP contribution in [-0.4, -0.2) is 4.98 Å². The molecule has 0 saturated carbocycles. The molecule has 0 N–H and O–H groups in total. The van der Waals surface area contributed by atoms with Crippen molar-refractivity contribution in [3.05, 3.63) is 64.9 Å². The molecule has 1 unspecified atom stereocenters. The second-order valence-corrected chi connectivity index (χ2v) is 5.91. The highest BCUT2D eigenvalue weighted by Gasteiger charge is 2.15. The summed E-state index contributed by atoms with van der Waals surface area (Å²) in [6.07, 6.45) is 0.543. The van der Waals surface area contributed by atoms with E-state index in [9.17, 15) is 4.39 Å². The fourth-order valence-electron chi connectivity index (χ4n) is 2.00. The van der Waals surface area contributed by atoms with Crippen LogP contribution in [0.3, 0.4) is 0 Å². The van der Waals surface area contributed by atoms with Gasteiger partial charge in [-0.2, -0.15) is 0 Å². The number of rotatable bonds is 3. The lowest BCUT2D eigenvalue weighted by Crippen LogP contribution is -1.98. The minimum Gasteiger partial charge on any atom is -0.241 e. The van der Waals surface area contributed by atoms with E-state index in [1.54, 1.807) is 29.5 Å². The third kappa shape index (κ3) is 2.62. The second-order valence-electron chi connectivity index (χ2n) is 4.27. The van der Waals surface area contributed by atoms with Crippen LogP contribution in [0.5, 0.6) is 0 Å². The number of hydrogen-bond acceptors (Lipinski definition) is 2. The van der Waals surface area contributed by atoms with Gasteiger partial charge in [0.2, 0.25) is 0 Å². The van der Waals surface area contributed by atoms with Gasteiger partial charge in [0.15, 0.2) is 0 Å². The van der Waals surface area contributed by atoms with E-state index in [1.165, 1.54) is 6.07 Å². The molecule has 2 aromatic carbocycles. The van der Waals surface area contributed by atoms with Crippen molar-refractivity contribution in [2.24, 2.45) is 0 Å². The zero-order chi connectivity index (χ0) is 13.2. The van der Waals surface area contributed by atoms with E-state index in [1.807, 2.05) is 24.3 Å². The Labute approximate surface area is 119 Å². The molecule has 0 aliphatic heterocycles. The zero-order valence-corrected chi connectivity index (χ0v) is 11.6. The van der Waals surface area contributed by atoms with Crippen LogP contribution in [-0.2, 0) is 6.42 Å². The molecule has 3 aromatic rings. The summed E-state index contributed by atoms with van der Waals surface area (Å²) in [5, 5.41) is 0.547. The molecular formula is C15H11ClFNS. The van der Waals surface area contributed by atoms with Crippen LogP contribution >= 0.6 is 22.9 Å². The first kappa shape index (κ1) is 12.6. The van der Waals surface area contributed by atoms with Gasteiger partial charge >= 0.3 is 0 Å². The Morgan fingerprint density at radius 3 is 2.63 bits per heavy atom. The average Bonchev–Trinajstić information content (AvgIpc) is 2.81. The molecular weight excluding hydrogens is 281 g/mol. The smallest absolute Gasteiger partial charge is 0.127 e. The zero-order valence-electron chi connectivity index (χ0n) is 10.0. The molecule has 1 aromatic heterocycles. The van der Waals surface area contributed by atoms with Crippen molar-refractivity contribution >= 4 is 33.2 Å². The van der Waals surface area contributed by atoms with Crippen LogP contribution in [0.25, 0.3) is 10.2 Å². The lowest BCUT2D eigenvalue weighted by atomic mass is 10.1. The lowest BCUT2D eigenvalue weighted by Gasteiger charge is -2.08. The van der Waals surface area contributed by atoms with Crippen LogP contribution < -0.4 is 0 Å². The van der Waals surface area contributed by atoms with Gasteiger partial charge < -0.3 is 0 Å². The quantitative estimate of drug-likeness (QED) is 0.622. The Morgan fingerprint density at radius 1 is 1.11 bits per heavy atom. The number of fused-ring (bicyclic) bond motifs is 1. The largest absolute Gasteiger partial charge is 0.241 e. The number of thiazole rings is 1. The summed E-state index contributed by atoms with van der Waals surface area (Å²) in [6, 6.07) is 14.6. The first-order valence-electron chi connectivity index (χ1n) is 5.97. The Kier molecular flexibility index (Phi) is 3.49. The van der Waals surface area contributed by atoms with Gasteiger partial charge in [-0.3, -0.25) is 0 Å². The van der Waals surface area contributed by atoms with Crippen molar-refractivity contribution in [3.63, 3.8) is 0 Å². The summed E-state index contributed by atoms with van der Waals surface area (Å²) in [5.74, 6) is -0.261. The van der Waals surface area contributed by atoms with Crippen LogP contribution in [0.4, 0.5) is 4.39 Å². The summed E-state index contributed by atoms with van der Waals surface area (Å²) in [7, 11) is 0. The molecule has 0 radical (unpaired) electrons. The molecule has 0 aliphatic rings. The molecule has 1 nitrogen and oxygen atoms in total. The Bertz CT molecular complexity index is 677. The van der Waals surface area contributed by atoms with Gasteiger partial charge in [0.05, 0.1) is 20.6 Å². The molecule has 0 aliphatic carbocycles. The van der Waals surface area contributed by atoms with Gasteiger partial charge in [0.25, 0.3) is 0 Å². The van der Waals surface area contributed by atoms with Gasteiger partial charge in [-0.15, -0.1) is 22.9 Å². The molecule has 0 saturated heterocycles. The predicted octanol–water partition coefficient (Wildman–Crippen LogP) is 4.96. The molecule has 0 fully saturated rings. The topological polar surface area (TPSA) is 12.9 Å². The Balaban J connectivity index is 1.86. The van der Waals surface area contributed by atoms with Crippen molar-refractivity contribution in [2.75, 3.05) is 0 Å². The molecule has 1 heterocycles. The summed E-state index contributed by atoms with van der Waals surface area (Å²) in [4.78, 5) is 4.52. The molecule has 96 valence electrons. The molecule has 4 heteroatoms. The van der Waals surface area contributed by atoms with Gasteiger partial charge in [-0.1, -0.05) is 30.3 Å². The number of halogens is 2. The normalized spacial score (nSPS) is 12.7. The van der Waals surface area contributed by atoms with E-state index in [2.05, 4.69) is 4.98 Å². The second kappa shape index (κ2) is 5.27. The minimum atomic E-state index is -0.387. The van der Waals surface area contributed by atoms with E-state index in [0.29, 0.717) is 12.0 Å². The van der Waals surface area contributed by atoms with E-state index < -0.39 is 0 Å². The highest BCUT2D eigenvalue weighted by Crippen LogP contribution is 2.30. The highest BCUT2D eigenvalue weighted by atomic mass is 35.5. The number of hydrogen-bond donors (Lipinski definition) is 0. The summed E-state index contributed by atoms with van der Waals surface area (Å²) in [6.45, 7) is 0. The Morgan fingerprint density at radius 2 is 1.84 bits per heavy atom. The number of alkyl halides is 1.